The van der Waals surface area contributed by atoms with Crippen molar-refractivity contribution >= 4 is 15.9 Å². The number of ether oxygens (including phenoxy) is 2. The first-order chi connectivity index (χ1) is 19.7. The Labute approximate surface area is 255 Å². The molecule has 1 unspecified atom stereocenters. The minimum Gasteiger partial charge on any atom is -0.353 e. The van der Waals surface area contributed by atoms with E-state index < -0.39 is 10.1 Å². The van der Waals surface area contributed by atoms with Gasteiger partial charge < -0.3 is 9.47 Å². The van der Waals surface area contributed by atoms with E-state index in [1.165, 1.54) is 44.8 Å². The molecule has 6 aliphatic rings. The quantitative estimate of drug-likeness (QED) is 0.279. The molecule has 1 saturated heterocycles. The molecule has 10 atom stereocenters. The maximum absolute atomic E-state index is 13.1. The van der Waals surface area contributed by atoms with Gasteiger partial charge in [-0.05, 0) is 135 Å². The summed E-state index contributed by atoms with van der Waals surface area (Å²) in [5.74, 6) is 3.19. The van der Waals surface area contributed by atoms with Gasteiger partial charge in [0.2, 0.25) is 0 Å². The molecule has 0 bridgehead atoms. The largest absolute Gasteiger partial charge is 0.353 e. The van der Waals surface area contributed by atoms with Crippen LogP contribution in [0.2, 0.25) is 0 Å². The predicted molar refractivity (Wildman–Crippen MR) is 164 cm³/mol. The molecule has 42 heavy (non-hydrogen) atoms. The molecule has 6 nitrogen and oxygen atoms in total. The second-order valence-corrected chi connectivity index (χ2v) is 18.6. The summed E-state index contributed by atoms with van der Waals surface area (Å²) in [7, 11) is -3.44. The van der Waals surface area contributed by atoms with Gasteiger partial charge in [-0.25, -0.2) is 0 Å². The lowest BCUT2D eigenvalue weighted by Gasteiger charge is -2.72. The van der Waals surface area contributed by atoms with Crippen LogP contribution in [0, 0.1) is 56.7 Å². The Kier molecular flexibility index (Phi) is 8.09. The number of carbonyl (C=O) groups is 1. The summed E-state index contributed by atoms with van der Waals surface area (Å²) in [5.41, 5.74) is 0.609. The van der Waals surface area contributed by atoms with Crippen molar-refractivity contribution in [1.82, 2.24) is 0 Å². The van der Waals surface area contributed by atoms with Gasteiger partial charge in [0.1, 0.15) is 5.78 Å². The lowest BCUT2D eigenvalue weighted by molar-refractivity contribution is -0.247. The molecule has 0 amide bonds. The number of fused-ring (bicyclic) bond motifs is 7. The monoisotopic (exact) mass is 606 g/mol. The van der Waals surface area contributed by atoms with E-state index in [1.807, 2.05) is 0 Å². The van der Waals surface area contributed by atoms with Crippen LogP contribution in [0.4, 0.5) is 0 Å². The Morgan fingerprint density at radius 1 is 0.857 bits per heavy atom. The number of Topliss-reactive ketones (excluding diaryl/α,β-unsaturated/α-hetero) is 1. The van der Waals surface area contributed by atoms with Crippen LogP contribution >= 0.6 is 0 Å². The average molecular weight is 607 g/mol. The first-order valence-electron chi connectivity index (χ1n) is 17.3. The normalized spacial score (nSPS) is 48.6. The summed E-state index contributed by atoms with van der Waals surface area (Å²) in [5, 5.41) is 0. The fourth-order valence-corrected chi connectivity index (χ4v) is 13.1. The lowest BCUT2D eigenvalue weighted by Crippen LogP contribution is -2.66. The summed E-state index contributed by atoms with van der Waals surface area (Å²) < 4.78 is 41.6. The van der Waals surface area contributed by atoms with Crippen LogP contribution in [0.1, 0.15) is 125 Å². The SMILES string of the molecule is CC1(C)C(=O)CC[C@]2(C)[C@H]3CC[C@@H]4[C@H]5[C@H](CCOS(C)(=O)=O)CC[C@]5(COC5CCCCO5)CC[C@@]4(C)[C@]3(C)CC[C@@H]12. The molecule has 5 aliphatic carbocycles. The Balaban J connectivity index is 1.30. The number of rotatable bonds is 7. The number of carbonyl (C=O) groups excluding carboxylic acids is 1. The van der Waals surface area contributed by atoms with Gasteiger partial charge in [0.25, 0.3) is 10.1 Å². The van der Waals surface area contributed by atoms with Crippen molar-refractivity contribution in [2.45, 2.75) is 131 Å². The molecule has 6 fully saturated rings. The predicted octanol–water partition coefficient (Wildman–Crippen LogP) is 7.55. The number of hydrogen-bond acceptors (Lipinski definition) is 6. The zero-order valence-electron chi connectivity index (χ0n) is 27.3. The van der Waals surface area contributed by atoms with Crippen LogP contribution in [0.15, 0.2) is 0 Å². The lowest BCUT2D eigenvalue weighted by atomic mass is 9.32. The van der Waals surface area contributed by atoms with Crippen LogP contribution < -0.4 is 0 Å². The molecule has 240 valence electrons. The fourth-order valence-electron chi connectivity index (χ4n) is 12.7. The summed E-state index contributed by atoms with van der Waals surface area (Å²) >= 11 is 0. The van der Waals surface area contributed by atoms with Gasteiger partial charge in [-0.3, -0.25) is 8.98 Å². The topological polar surface area (TPSA) is 78.9 Å². The highest BCUT2D eigenvalue weighted by Gasteiger charge is 2.70. The highest BCUT2D eigenvalue weighted by atomic mass is 32.2. The minimum atomic E-state index is -3.44. The second kappa shape index (κ2) is 10.8. The minimum absolute atomic E-state index is 0.0736. The molecule has 0 aromatic carbocycles. The molecule has 0 N–H and O–H groups in total. The van der Waals surface area contributed by atoms with Crippen molar-refractivity contribution in [1.29, 1.82) is 0 Å². The number of ketones is 1. The molecule has 0 aromatic rings. The summed E-state index contributed by atoms with van der Waals surface area (Å²) in [6.07, 6.45) is 16.6. The second-order valence-electron chi connectivity index (χ2n) is 16.9. The van der Waals surface area contributed by atoms with Gasteiger partial charge in [0.15, 0.2) is 6.29 Å². The highest BCUT2D eigenvalue weighted by molar-refractivity contribution is 7.85. The zero-order valence-corrected chi connectivity index (χ0v) is 28.2. The van der Waals surface area contributed by atoms with E-state index in [2.05, 4.69) is 34.6 Å². The van der Waals surface area contributed by atoms with E-state index >= 15 is 0 Å². The smallest absolute Gasteiger partial charge is 0.264 e. The molecule has 0 radical (unpaired) electrons. The highest BCUT2D eigenvalue weighted by Crippen LogP contribution is 2.77. The van der Waals surface area contributed by atoms with Gasteiger partial charge in [-0.2, -0.15) is 8.42 Å². The molecule has 1 aliphatic heterocycles. The maximum Gasteiger partial charge on any atom is 0.264 e. The van der Waals surface area contributed by atoms with Gasteiger partial charge in [-0.1, -0.05) is 34.6 Å². The summed E-state index contributed by atoms with van der Waals surface area (Å²) in [6, 6.07) is 0. The van der Waals surface area contributed by atoms with Crippen molar-refractivity contribution < 1.29 is 26.9 Å². The number of hydrogen-bond donors (Lipinski definition) is 0. The van der Waals surface area contributed by atoms with Crippen molar-refractivity contribution in [2.75, 3.05) is 26.1 Å². The Bertz CT molecular complexity index is 1140. The average Bonchev–Trinajstić information content (AvgIpc) is 3.29. The maximum atomic E-state index is 13.1. The molecule has 1 heterocycles. The van der Waals surface area contributed by atoms with E-state index in [9.17, 15) is 13.2 Å². The van der Waals surface area contributed by atoms with Crippen molar-refractivity contribution in [2.24, 2.45) is 56.7 Å². The van der Waals surface area contributed by atoms with E-state index in [0.29, 0.717) is 35.4 Å². The van der Waals surface area contributed by atoms with Crippen LogP contribution in [-0.2, 0) is 28.6 Å². The Morgan fingerprint density at radius 2 is 1.64 bits per heavy atom. The third-order valence-corrected chi connectivity index (χ3v) is 15.6. The van der Waals surface area contributed by atoms with Gasteiger partial charge in [0, 0.05) is 18.4 Å². The standard InChI is InChI=1S/C35H58O6S/c1-31(2)26-13-17-34(5)27(32(26,3)16-14-28(31)36)11-10-25-30-24(15-22-41-42(6,37)38)12-18-35(30,20-19-33(25,34)4)23-40-29-9-7-8-21-39-29/h24-27,29-30H,7-23H2,1-6H3/t24-,25+,26-,27+,29?,30+,32-,33+,34+,35+/m0/s1. The van der Waals surface area contributed by atoms with Crippen molar-refractivity contribution in [3.05, 3.63) is 0 Å². The van der Waals surface area contributed by atoms with Gasteiger partial charge in [0.05, 0.1) is 19.5 Å². The molecule has 0 aromatic heterocycles. The molecule has 5 saturated carbocycles. The molecule has 6 rings (SSSR count). The Hall–Kier alpha value is -0.500. The first kappa shape index (κ1) is 31.5. The van der Waals surface area contributed by atoms with E-state index in [4.69, 9.17) is 13.7 Å². The summed E-state index contributed by atoms with van der Waals surface area (Å²) in [6.45, 7) is 14.2. The van der Waals surface area contributed by atoms with Crippen molar-refractivity contribution in [3.63, 3.8) is 0 Å². The Morgan fingerprint density at radius 3 is 2.36 bits per heavy atom. The summed E-state index contributed by atoms with van der Waals surface area (Å²) in [4.78, 5) is 13.1. The molecule has 0 spiro atoms. The van der Waals surface area contributed by atoms with Crippen LogP contribution in [-0.4, -0.2) is 46.6 Å². The molecular weight excluding hydrogens is 548 g/mol. The first-order valence-corrected chi connectivity index (χ1v) is 19.1. The van der Waals surface area contributed by atoms with Crippen molar-refractivity contribution in [3.8, 4) is 0 Å². The van der Waals surface area contributed by atoms with Gasteiger partial charge in [-0.15, -0.1) is 0 Å². The zero-order chi connectivity index (χ0) is 30.2. The van der Waals surface area contributed by atoms with Crippen LogP contribution in [0.25, 0.3) is 0 Å². The van der Waals surface area contributed by atoms with E-state index in [1.54, 1.807) is 0 Å². The fraction of sp³-hybridized carbons (Fsp3) is 0.971. The molecule has 7 heteroatoms. The third kappa shape index (κ3) is 4.88. The van der Waals surface area contributed by atoms with Crippen LogP contribution in [0.5, 0.6) is 0 Å². The third-order valence-electron chi connectivity index (χ3n) is 15.0. The van der Waals surface area contributed by atoms with E-state index in [-0.39, 0.29) is 40.0 Å². The van der Waals surface area contributed by atoms with Crippen LogP contribution in [0.3, 0.4) is 0 Å². The molecular formula is C35H58O6S. The van der Waals surface area contributed by atoms with E-state index in [0.717, 1.165) is 64.6 Å². The van der Waals surface area contributed by atoms with Gasteiger partial charge >= 0.3 is 0 Å².